The third kappa shape index (κ3) is 1.66. The number of halogens is 2. The second kappa shape index (κ2) is 3.36. The van der Waals surface area contributed by atoms with Crippen LogP contribution < -0.4 is 0 Å². The zero-order valence-electron chi connectivity index (χ0n) is 6.41. The van der Waals surface area contributed by atoms with Gasteiger partial charge in [-0.1, -0.05) is 29.3 Å². The van der Waals surface area contributed by atoms with E-state index in [0.29, 0.717) is 11.0 Å². The highest BCUT2D eigenvalue weighted by Gasteiger charge is 2.06. The van der Waals surface area contributed by atoms with Gasteiger partial charge in [-0.3, -0.25) is 0 Å². The highest BCUT2D eigenvalue weighted by atomic mass is 35.5. The van der Waals surface area contributed by atoms with Crippen LogP contribution in [-0.4, -0.2) is 14.8 Å². The number of pyridine rings is 1. The first-order chi connectivity index (χ1) is 6.27. The van der Waals surface area contributed by atoms with Crippen LogP contribution in [0.5, 0.6) is 0 Å². The van der Waals surface area contributed by atoms with Gasteiger partial charge in [0, 0.05) is 6.20 Å². The van der Waals surface area contributed by atoms with E-state index in [9.17, 15) is 0 Å². The molecule has 2 aromatic rings. The van der Waals surface area contributed by atoms with Crippen molar-refractivity contribution >= 4 is 23.2 Å². The lowest BCUT2D eigenvalue weighted by Gasteiger charge is -1.99. The van der Waals surface area contributed by atoms with Crippen molar-refractivity contribution in [2.45, 2.75) is 0 Å². The minimum Gasteiger partial charge on any atom is -0.237 e. The first-order valence-corrected chi connectivity index (χ1v) is 4.28. The summed E-state index contributed by atoms with van der Waals surface area (Å²) in [6.07, 6.45) is 1.65. The number of hydrogen-bond acceptors (Lipinski definition) is 2. The predicted molar refractivity (Wildman–Crippen MR) is 50.2 cm³/mol. The predicted octanol–water partition coefficient (Wildman–Crippen LogP) is 2.37. The Labute approximate surface area is 84.9 Å². The molecule has 2 aromatic heterocycles. The van der Waals surface area contributed by atoms with Crippen molar-refractivity contribution in [1.82, 2.24) is 14.8 Å². The van der Waals surface area contributed by atoms with Crippen molar-refractivity contribution in [2.75, 3.05) is 0 Å². The highest BCUT2D eigenvalue weighted by molar-refractivity contribution is 6.33. The molecule has 0 aliphatic carbocycles. The molecule has 0 fully saturated rings. The van der Waals surface area contributed by atoms with Gasteiger partial charge in [0.2, 0.25) is 0 Å². The van der Waals surface area contributed by atoms with E-state index in [2.05, 4.69) is 16.1 Å². The Balaban J connectivity index is 2.53. The van der Waals surface area contributed by atoms with Crippen molar-refractivity contribution in [3.63, 3.8) is 0 Å². The summed E-state index contributed by atoms with van der Waals surface area (Å²) in [5.74, 6) is 0.621. The largest absolute Gasteiger partial charge is 0.237 e. The summed E-state index contributed by atoms with van der Waals surface area (Å²) in [5, 5.41) is 4.47. The molecule has 0 aliphatic heterocycles. The molecule has 0 aromatic carbocycles. The van der Waals surface area contributed by atoms with Crippen LogP contribution in [0.1, 0.15) is 0 Å². The quantitative estimate of drug-likeness (QED) is 0.727. The molecule has 1 radical (unpaired) electrons. The van der Waals surface area contributed by atoms with Gasteiger partial charge in [-0.2, -0.15) is 5.10 Å². The van der Waals surface area contributed by atoms with Crippen LogP contribution in [0.4, 0.5) is 0 Å². The van der Waals surface area contributed by atoms with Gasteiger partial charge in [0.25, 0.3) is 0 Å². The lowest BCUT2D eigenvalue weighted by Crippen LogP contribution is -1.98. The Morgan fingerprint density at radius 2 is 2.15 bits per heavy atom. The maximum atomic E-state index is 5.80. The number of rotatable bonds is 1. The highest BCUT2D eigenvalue weighted by Crippen LogP contribution is 2.17. The maximum Gasteiger partial charge on any atom is 0.161 e. The summed E-state index contributed by atoms with van der Waals surface area (Å²) in [4.78, 5) is 4.06. The molecule has 0 amide bonds. The lowest BCUT2D eigenvalue weighted by atomic mass is 10.5. The molecule has 0 bridgehead atoms. The van der Waals surface area contributed by atoms with Crippen LogP contribution >= 0.6 is 23.2 Å². The van der Waals surface area contributed by atoms with Crippen LogP contribution in [-0.2, 0) is 0 Å². The molecule has 0 saturated carbocycles. The summed E-state index contributed by atoms with van der Waals surface area (Å²) >= 11 is 11.4. The molecule has 0 atom stereocenters. The van der Waals surface area contributed by atoms with E-state index in [1.807, 2.05) is 12.1 Å². The normalized spacial score (nSPS) is 10.3. The molecule has 13 heavy (non-hydrogen) atoms. The van der Waals surface area contributed by atoms with Crippen molar-refractivity contribution < 1.29 is 0 Å². The molecule has 0 N–H and O–H groups in total. The van der Waals surface area contributed by atoms with Crippen LogP contribution in [0, 0.1) is 6.07 Å². The third-order valence-electron chi connectivity index (χ3n) is 1.45. The van der Waals surface area contributed by atoms with Gasteiger partial charge in [0.15, 0.2) is 11.0 Å². The summed E-state index contributed by atoms with van der Waals surface area (Å²) < 4.78 is 1.42. The van der Waals surface area contributed by atoms with Gasteiger partial charge >= 0.3 is 0 Å². The minimum absolute atomic E-state index is 0.232. The number of hydrogen-bond donors (Lipinski definition) is 0. The minimum atomic E-state index is 0.232. The second-order valence-corrected chi connectivity index (χ2v) is 3.02. The fourth-order valence-corrected chi connectivity index (χ4v) is 1.35. The average molecular weight is 213 g/mol. The summed E-state index contributed by atoms with van der Waals surface area (Å²) in [5.41, 5.74) is 0. The van der Waals surface area contributed by atoms with Gasteiger partial charge in [-0.15, -0.1) is 0 Å². The monoisotopic (exact) mass is 212 g/mol. The van der Waals surface area contributed by atoms with Crippen molar-refractivity contribution in [3.05, 3.63) is 40.8 Å². The van der Waals surface area contributed by atoms with Crippen molar-refractivity contribution in [1.29, 1.82) is 0 Å². The SMILES string of the molecule is Clc1[c]c(Cl)n(-c2ccccn2)n1. The maximum absolute atomic E-state index is 5.80. The van der Waals surface area contributed by atoms with Crippen LogP contribution in [0.2, 0.25) is 10.3 Å². The van der Waals surface area contributed by atoms with Gasteiger partial charge in [-0.25, -0.2) is 9.67 Å². The zero-order chi connectivity index (χ0) is 9.26. The van der Waals surface area contributed by atoms with Crippen molar-refractivity contribution in [3.8, 4) is 5.82 Å². The third-order valence-corrected chi connectivity index (χ3v) is 1.87. The molecule has 0 unspecified atom stereocenters. The Bertz CT molecular complexity index is 411. The van der Waals surface area contributed by atoms with E-state index in [-0.39, 0.29) is 5.15 Å². The standard InChI is InChI=1S/C8H4Cl2N3/c9-6-5-7(10)13(12-6)8-3-1-2-4-11-8/h1-4H. The van der Waals surface area contributed by atoms with E-state index >= 15 is 0 Å². The van der Waals surface area contributed by atoms with Gasteiger partial charge in [0.1, 0.15) is 5.15 Å². The Morgan fingerprint density at radius 3 is 2.69 bits per heavy atom. The molecular formula is C8H4Cl2N3. The molecule has 65 valence electrons. The Kier molecular flexibility index (Phi) is 2.20. The van der Waals surface area contributed by atoms with Crippen LogP contribution in [0.15, 0.2) is 24.4 Å². The molecule has 5 heteroatoms. The molecule has 0 aliphatic rings. The van der Waals surface area contributed by atoms with E-state index in [1.54, 1.807) is 12.3 Å². The summed E-state index contributed by atoms with van der Waals surface area (Å²) in [6.45, 7) is 0. The van der Waals surface area contributed by atoms with Crippen molar-refractivity contribution in [2.24, 2.45) is 0 Å². The Hall–Kier alpha value is -1.06. The van der Waals surface area contributed by atoms with E-state index < -0.39 is 0 Å². The molecule has 2 rings (SSSR count). The van der Waals surface area contributed by atoms with E-state index in [1.165, 1.54) is 4.68 Å². The van der Waals surface area contributed by atoms with E-state index in [4.69, 9.17) is 23.2 Å². The number of aromatic nitrogens is 3. The number of nitrogens with zero attached hydrogens (tertiary/aromatic N) is 3. The molecule has 2 heterocycles. The smallest absolute Gasteiger partial charge is 0.161 e. The molecule has 0 saturated heterocycles. The van der Waals surface area contributed by atoms with Crippen LogP contribution in [0.25, 0.3) is 5.82 Å². The fourth-order valence-electron chi connectivity index (χ4n) is 0.926. The van der Waals surface area contributed by atoms with E-state index in [0.717, 1.165) is 0 Å². The molecule has 3 nitrogen and oxygen atoms in total. The molecular weight excluding hydrogens is 209 g/mol. The fraction of sp³-hybridized carbons (Fsp3) is 0. The summed E-state index contributed by atoms with van der Waals surface area (Å²) in [6, 6.07) is 8.08. The summed E-state index contributed by atoms with van der Waals surface area (Å²) in [7, 11) is 0. The van der Waals surface area contributed by atoms with Crippen LogP contribution in [0.3, 0.4) is 0 Å². The zero-order valence-corrected chi connectivity index (χ0v) is 7.92. The average Bonchev–Trinajstić information content (AvgIpc) is 2.47. The van der Waals surface area contributed by atoms with Gasteiger partial charge < -0.3 is 0 Å². The first-order valence-electron chi connectivity index (χ1n) is 3.52. The second-order valence-electron chi connectivity index (χ2n) is 2.31. The first kappa shape index (κ1) is 8.53. The van der Waals surface area contributed by atoms with Gasteiger partial charge in [0.05, 0.1) is 6.07 Å². The lowest BCUT2D eigenvalue weighted by molar-refractivity contribution is 0.848. The topological polar surface area (TPSA) is 30.7 Å². The Morgan fingerprint density at radius 1 is 1.31 bits per heavy atom. The molecule has 0 spiro atoms. The van der Waals surface area contributed by atoms with Gasteiger partial charge in [-0.05, 0) is 12.1 Å².